The van der Waals surface area contributed by atoms with Gasteiger partial charge in [0.2, 0.25) is 5.91 Å². The van der Waals surface area contributed by atoms with Crippen LogP contribution in [-0.4, -0.2) is 17.9 Å². The van der Waals surface area contributed by atoms with Crippen molar-refractivity contribution in [1.29, 1.82) is 0 Å². The molecule has 26 heavy (non-hydrogen) atoms. The van der Waals surface area contributed by atoms with Gasteiger partial charge >= 0.3 is 0 Å². The maximum Gasteiger partial charge on any atom is 0.254 e. The number of benzene rings is 1. The lowest BCUT2D eigenvalue weighted by atomic mass is 10.0. The van der Waals surface area contributed by atoms with E-state index in [-0.39, 0.29) is 23.4 Å². The summed E-state index contributed by atoms with van der Waals surface area (Å²) in [5.41, 5.74) is 1.01. The molecule has 1 aromatic heterocycles. The van der Waals surface area contributed by atoms with Crippen molar-refractivity contribution in [3.63, 3.8) is 0 Å². The monoisotopic (exact) mass is 376 g/mol. The predicted molar refractivity (Wildman–Crippen MR) is 103 cm³/mol. The molecule has 2 aromatic rings. The van der Waals surface area contributed by atoms with Gasteiger partial charge in [0.15, 0.2) is 0 Å². The molecular formula is C20H25FN2O2S. The maximum atomic E-state index is 13.8. The predicted octanol–water partition coefficient (Wildman–Crippen LogP) is 4.14. The third-order valence-corrected chi connectivity index (χ3v) is 5.24. The van der Waals surface area contributed by atoms with Crippen LogP contribution in [0.15, 0.2) is 30.3 Å². The highest BCUT2D eigenvalue weighted by Crippen LogP contribution is 2.26. The van der Waals surface area contributed by atoms with Crippen LogP contribution in [0.5, 0.6) is 0 Å². The lowest BCUT2D eigenvalue weighted by Gasteiger charge is -2.24. The maximum absolute atomic E-state index is 13.8. The van der Waals surface area contributed by atoms with Crippen molar-refractivity contribution >= 4 is 23.2 Å². The van der Waals surface area contributed by atoms with Crippen molar-refractivity contribution in [2.75, 3.05) is 0 Å². The largest absolute Gasteiger partial charge is 0.348 e. The number of rotatable bonds is 6. The third-order valence-electron chi connectivity index (χ3n) is 4.26. The minimum Gasteiger partial charge on any atom is -0.348 e. The number of halogens is 1. The number of hydrogen-bond donors (Lipinski definition) is 2. The van der Waals surface area contributed by atoms with Gasteiger partial charge in [0.05, 0.1) is 11.6 Å². The first kappa shape index (κ1) is 20.1. The standard InChI is InChI=1S/C20H25FN2O2S/c1-11(2)18(23-19(24)15-8-6-7-9-17(15)21)20(25)22-13(4)16-10-12(3)26-14(16)5/h6-11,13,18H,1-5H3,(H,22,25)(H,23,24). The molecule has 2 rings (SSSR count). The summed E-state index contributed by atoms with van der Waals surface area (Å²) >= 11 is 1.69. The lowest BCUT2D eigenvalue weighted by molar-refractivity contribution is -0.124. The minimum absolute atomic E-state index is 0.0664. The highest BCUT2D eigenvalue weighted by Gasteiger charge is 2.27. The van der Waals surface area contributed by atoms with Crippen molar-refractivity contribution in [3.8, 4) is 0 Å². The van der Waals surface area contributed by atoms with Gasteiger partial charge in [-0.3, -0.25) is 9.59 Å². The van der Waals surface area contributed by atoms with Gasteiger partial charge in [-0.15, -0.1) is 11.3 Å². The number of carbonyl (C=O) groups excluding carboxylic acids is 2. The van der Waals surface area contributed by atoms with Crippen molar-refractivity contribution in [3.05, 3.63) is 57.0 Å². The Morgan fingerprint density at radius 2 is 1.73 bits per heavy atom. The summed E-state index contributed by atoms with van der Waals surface area (Å²) in [6, 6.07) is 6.89. The molecule has 0 radical (unpaired) electrons. The van der Waals surface area contributed by atoms with E-state index in [0.717, 1.165) is 10.4 Å². The van der Waals surface area contributed by atoms with Crippen molar-refractivity contribution < 1.29 is 14.0 Å². The quantitative estimate of drug-likeness (QED) is 0.796. The van der Waals surface area contributed by atoms with Crippen molar-refractivity contribution in [2.45, 2.75) is 46.7 Å². The summed E-state index contributed by atoms with van der Waals surface area (Å²) < 4.78 is 13.8. The highest BCUT2D eigenvalue weighted by molar-refractivity contribution is 7.12. The Balaban J connectivity index is 2.11. The van der Waals surface area contributed by atoms with Gasteiger partial charge in [-0.2, -0.15) is 0 Å². The van der Waals surface area contributed by atoms with Crippen LogP contribution in [0.25, 0.3) is 0 Å². The Hall–Kier alpha value is -2.21. The number of nitrogens with one attached hydrogen (secondary N) is 2. The SMILES string of the molecule is Cc1cc(C(C)NC(=O)C(NC(=O)c2ccccc2F)C(C)C)c(C)s1. The molecule has 0 fully saturated rings. The summed E-state index contributed by atoms with van der Waals surface area (Å²) in [5.74, 6) is -1.61. The third kappa shape index (κ3) is 4.69. The summed E-state index contributed by atoms with van der Waals surface area (Å²) in [4.78, 5) is 27.4. The number of amides is 2. The van der Waals surface area contributed by atoms with Crippen LogP contribution >= 0.6 is 11.3 Å². The van der Waals surface area contributed by atoms with Crippen LogP contribution in [0.4, 0.5) is 4.39 Å². The number of aryl methyl sites for hydroxylation is 2. The minimum atomic E-state index is -0.746. The molecule has 0 bridgehead atoms. The van der Waals surface area contributed by atoms with E-state index in [2.05, 4.69) is 16.7 Å². The van der Waals surface area contributed by atoms with Gasteiger partial charge in [0.25, 0.3) is 5.91 Å². The molecule has 4 nitrogen and oxygen atoms in total. The molecule has 2 unspecified atom stereocenters. The summed E-state index contributed by atoms with van der Waals surface area (Å²) in [6.45, 7) is 9.66. The molecule has 6 heteroatoms. The second kappa shape index (κ2) is 8.45. The molecular weight excluding hydrogens is 351 g/mol. The average molecular weight is 376 g/mol. The van der Waals surface area contributed by atoms with Crippen molar-refractivity contribution in [1.82, 2.24) is 10.6 Å². The molecule has 2 amide bonds. The Kier molecular flexibility index (Phi) is 6.53. The molecule has 0 aliphatic rings. The second-order valence-electron chi connectivity index (χ2n) is 6.77. The molecule has 0 aliphatic heterocycles. The van der Waals surface area contributed by atoms with E-state index in [4.69, 9.17) is 0 Å². The zero-order chi connectivity index (χ0) is 19.4. The zero-order valence-electron chi connectivity index (χ0n) is 15.7. The number of hydrogen-bond acceptors (Lipinski definition) is 3. The molecule has 0 spiro atoms. The fourth-order valence-corrected chi connectivity index (χ4v) is 3.88. The van der Waals surface area contributed by atoms with Crippen LogP contribution < -0.4 is 10.6 Å². The van der Waals surface area contributed by atoms with Crippen LogP contribution in [0.3, 0.4) is 0 Å². The lowest BCUT2D eigenvalue weighted by Crippen LogP contribution is -2.50. The molecule has 1 heterocycles. The van der Waals surface area contributed by atoms with E-state index >= 15 is 0 Å². The Morgan fingerprint density at radius 3 is 2.27 bits per heavy atom. The Morgan fingerprint density at radius 1 is 1.08 bits per heavy atom. The smallest absolute Gasteiger partial charge is 0.254 e. The molecule has 0 saturated heterocycles. The van der Waals surface area contributed by atoms with Gasteiger partial charge in [0, 0.05) is 9.75 Å². The summed E-state index contributed by atoms with van der Waals surface area (Å²) in [6.07, 6.45) is 0. The molecule has 1 aromatic carbocycles. The fraction of sp³-hybridized carbons (Fsp3) is 0.400. The highest BCUT2D eigenvalue weighted by atomic mass is 32.1. The summed E-state index contributed by atoms with van der Waals surface area (Å²) in [7, 11) is 0. The van der Waals surface area contributed by atoms with E-state index in [0.29, 0.717) is 0 Å². The first-order valence-electron chi connectivity index (χ1n) is 8.63. The van der Waals surface area contributed by atoms with E-state index in [1.54, 1.807) is 17.4 Å². The van der Waals surface area contributed by atoms with Gasteiger partial charge in [-0.1, -0.05) is 26.0 Å². The van der Waals surface area contributed by atoms with Gasteiger partial charge < -0.3 is 10.6 Å². The molecule has 0 aliphatic carbocycles. The number of carbonyl (C=O) groups is 2. The Bertz CT molecular complexity index is 801. The van der Waals surface area contributed by atoms with Gasteiger partial charge in [0.1, 0.15) is 11.9 Å². The normalized spacial score (nSPS) is 13.3. The fourth-order valence-electron chi connectivity index (χ4n) is 2.86. The van der Waals surface area contributed by atoms with E-state index in [9.17, 15) is 14.0 Å². The average Bonchev–Trinajstić information content (AvgIpc) is 2.90. The summed E-state index contributed by atoms with van der Waals surface area (Å²) in [5, 5.41) is 5.62. The van der Waals surface area contributed by atoms with Crippen LogP contribution in [0.1, 0.15) is 52.5 Å². The van der Waals surface area contributed by atoms with Crippen LogP contribution in [0, 0.1) is 25.6 Å². The number of thiophene rings is 1. The van der Waals surface area contributed by atoms with Gasteiger partial charge in [-0.05, 0) is 50.5 Å². The molecule has 0 saturated carbocycles. The molecule has 2 N–H and O–H groups in total. The zero-order valence-corrected chi connectivity index (χ0v) is 16.5. The van der Waals surface area contributed by atoms with E-state index in [1.807, 2.05) is 34.6 Å². The topological polar surface area (TPSA) is 58.2 Å². The molecule has 2 atom stereocenters. The van der Waals surface area contributed by atoms with E-state index < -0.39 is 17.8 Å². The van der Waals surface area contributed by atoms with Crippen LogP contribution in [-0.2, 0) is 4.79 Å². The second-order valence-corrected chi connectivity index (χ2v) is 8.23. The van der Waals surface area contributed by atoms with Gasteiger partial charge in [-0.25, -0.2) is 4.39 Å². The first-order valence-corrected chi connectivity index (χ1v) is 9.45. The van der Waals surface area contributed by atoms with Crippen molar-refractivity contribution in [2.24, 2.45) is 5.92 Å². The molecule has 140 valence electrons. The Labute approximate surface area is 157 Å². The first-order chi connectivity index (χ1) is 12.2. The van der Waals surface area contributed by atoms with Crippen LogP contribution in [0.2, 0.25) is 0 Å². The van der Waals surface area contributed by atoms with E-state index in [1.165, 1.54) is 23.1 Å².